The standard InChI is InChI=1S/C23H23N3O2S/c27-21(17-10-5-2-6-11-17)26-23-25-20-18(12-7-13-19(20)29-23)22(28)24-15-14-16-8-3-1-4-9-16/h1-6,8-11,18H,7,12-15H2,(H,24,28)(H,25,26,27)/t18-/m0/s1. The van der Waals surface area contributed by atoms with Crippen molar-refractivity contribution in [3.8, 4) is 0 Å². The van der Waals surface area contributed by atoms with Crippen LogP contribution in [0, 0.1) is 0 Å². The van der Waals surface area contributed by atoms with E-state index in [4.69, 9.17) is 0 Å². The summed E-state index contributed by atoms with van der Waals surface area (Å²) in [6.07, 6.45) is 3.46. The molecule has 0 aliphatic heterocycles. The summed E-state index contributed by atoms with van der Waals surface area (Å²) in [5.74, 6) is -0.401. The molecule has 0 fully saturated rings. The fourth-order valence-corrected chi connectivity index (χ4v) is 4.64. The van der Waals surface area contributed by atoms with Gasteiger partial charge in [-0.15, -0.1) is 11.3 Å². The van der Waals surface area contributed by atoms with E-state index in [1.54, 1.807) is 12.1 Å². The normalized spacial score (nSPS) is 15.4. The molecular formula is C23H23N3O2S. The van der Waals surface area contributed by atoms with Gasteiger partial charge < -0.3 is 5.32 Å². The van der Waals surface area contributed by atoms with Gasteiger partial charge in [-0.3, -0.25) is 14.9 Å². The zero-order valence-electron chi connectivity index (χ0n) is 16.1. The summed E-state index contributed by atoms with van der Waals surface area (Å²) in [7, 11) is 0. The highest BCUT2D eigenvalue weighted by Crippen LogP contribution is 2.37. The molecule has 0 spiro atoms. The Balaban J connectivity index is 1.40. The second-order valence-corrected chi connectivity index (χ2v) is 8.20. The number of benzene rings is 2. The van der Waals surface area contributed by atoms with E-state index in [0.717, 1.165) is 36.3 Å². The maximum absolute atomic E-state index is 12.8. The lowest BCUT2D eigenvalue weighted by Crippen LogP contribution is -2.32. The van der Waals surface area contributed by atoms with Crippen LogP contribution in [-0.2, 0) is 17.6 Å². The van der Waals surface area contributed by atoms with Crippen LogP contribution in [0.3, 0.4) is 0 Å². The summed E-state index contributed by atoms with van der Waals surface area (Å²) in [5.41, 5.74) is 2.62. The number of nitrogens with zero attached hydrogens (tertiary/aromatic N) is 1. The zero-order valence-corrected chi connectivity index (χ0v) is 16.9. The predicted octanol–water partition coefficient (Wildman–Crippen LogP) is 4.17. The quantitative estimate of drug-likeness (QED) is 0.646. The third kappa shape index (κ3) is 4.71. The van der Waals surface area contributed by atoms with E-state index in [1.165, 1.54) is 16.9 Å². The van der Waals surface area contributed by atoms with Gasteiger partial charge in [0.1, 0.15) is 0 Å². The molecule has 29 heavy (non-hydrogen) atoms. The van der Waals surface area contributed by atoms with Crippen LogP contribution < -0.4 is 10.6 Å². The van der Waals surface area contributed by atoms with E-state index < -0.39 is 0 Å². The van der Waals surface area contributed by atoms with Gasteiger partial charge in [0.05, 0.1) is 11.6 Å². The number of carbonyl (C=O) groups is 2. The summed E-state index contributed by atoms with van der Waals surface area (Å²) in [5, 5.41) is 6.50. The first-order valence-corrected chi connectivity index (χ1v) is 10.7. The van der Waals surface area contributed by atoms with Crippen LogP contribution in [0.1, 0.15) is 45.3 Å². The number of thiazole rings is 1. The van der Waals surface area contributed by atoms with Crippen molar-refractivity contribution < 1.29 is 9.59 Å². The van der Waals surface area contributed by atoms with E-state index >= 15 is 0 Å². The molecule has 148 valence electrons. The Morgan fingerprint density at radius 3 is 2.52 bits per heavy atom. The number of nitrogens with one attached hydrogen (secondary N) is 2. The summed E-state index contributed by atoms with van der Waals surface area (Å²) in [6.45, 7) is 0.608. The van der Waals surface area contributed by atoms with Crippen LogP contribution in [0.4, 0.5) is 5.13 Å². The van der Waals surface area contributed by atoms with E-state index in [0.29, 0.717) is 17.2 Å². The average molecular weight is 406 g/mol. The van der Waals surface area contributed by atoms with E-state index in [1.807, 2.05) is 36.4 Å². The number of aryl methyl sites for hydroxylation is 1. The molecule has 2 N–H and O–H groups in total. The van der Waals surface area contributed by atoms with Gasteiger partial charge >= 0.3 is 0 Å². The van der Waals surface area contributed by atoms with Gasteiger partial charge in [0.25, 0.3) is 5.91 Å². The molecule has 3 aromatic rings. The minimum absolute atomic E-state index is 0.0214. The molecule has 6 heteroatoms. The molecule has 0 bridgehead atoms. The summed E-state index contributed by atoms with van der Waals surface area (Å²) < 4.78 is 0. The summed E-state index contributed by atoms with van der Waals surface area (Å²) >= 11 is 1.48. The van der Waals surface area contributed by atoms with Gasteiger partial charge in [-0.1, -0.05) is 48.5 Å². The van der Waals surface area contributed by atoms with E-state index in [9.17, 15) is 9.59 Å². The first-order chi connectivity index (χ1) is 14.2. The Kier molecular flexibility index (Phi) is 6.00. The molecule has 1 aromatic heterocycles. The lowest BCUT2D eigenvalue weighted by atomic mass is 9.90. The van der Waals surface area contributed by atoms with E-state index in [-0.39, 0.29) is 17.7 Å². The molecule has 1 heterocycles. The number of fused-ring (bicyclic) bond motifs is 1. The van der Waals surface area contributed by atoms with Crippen LogP contribution in [0.2, 0.25) is 0 Å². The van der Waals surface area contributed by atoms with Crippen molar-refractivity contribution in [1.82, 2.24) is 10.3 Å². The van der Waals surface area contributed by atoms with Gasteiger partial charge in [-0.25, -0.2) is 4.98 Å². The highest BCUT2D eigenvalue weighted by Gasteiger charge is 2.30. The zero-order chi connectivity index (χ0) is 20.1. The second kappa shape index (κ2) is 9.01. The Morgan fingerprint density at radius 1 is 1.03 bits per heavy atom. The SMILES string of the molecule is O=C(Nc1nc2c(s1)CCC[C@@H]2C(=O)NCCc1ccccc1)c1ccccc1. The highest BCUT2D eigenvalue weighted by molar-refractivity contribution is 7.15. The highest BCUT2D eigenvalue weighted by atomic mass is 32.1. The van der Waals surface area contributed by atoms with Crippen LogP contribution in [0.15, 0.2) is 60.7 Å². The van der Waals surface area contributed by atoms with E-state index in [2.05, 4.69) is 27.8 Å². The van der Waals surface area contributed by atoms with Crippen LogP contribution >= 0.6 is 11.3 Å². The molecule has 5 nitrogen and oxygen atoms in total. The molecule has 1 atom stereocenters. The van der Waals surface area contributed by atoms with Crippen molar-refractivity contribution in [2.45, 2.75) is 31.6 Å². The minimum Gasteiger partial charge on any atom is -0.355 e. The molecule has 1 aliphatic rings. The third-order valence-electron chi connectivity index (χ3n) is 5.08. The largest absolute Gasteiger partial charge is 0.355 e. The molecule has 0 radical (unpaired) electrons. The number of rotatable bonds is 6. The third-order valence-corrected chi connectivity index (χ3v) is 6.13. The molecular weight excluding hydrogens is 382 g/mol. The average Bonchev–Trinajstić information content (AvgIpc) is 3.17. The topological polar surface area (TPSA) is 71.1 Å². The summed E-state index contributed by atoms with van der Waals surface area (Å²) in [6, 6.07) is 19.2. The lowest BCUT2D eigenvalue weighted by Gasteiger charge is -2.20. The van der Waals surface area contributed by atoms with Crippen LogP contribution in [0.5, 0.6) is 0 Å². The maximum atomic E-state index is 12.8. The number of anilines is 1. The minimum atomic E-state index is -0.242. The van der Waals surface area contributed by atoms with Gasteiger partial charge in [0.15, 0.2) is 5.13 Å². The van der Waals surface area contributed by atoms with Gasteiger partial charge in [0.2, 0.25) is 5.91 Å². The maximum Gasteiger partial charge on any atom is 0.257 e. The van der Waals surface area contributed by atoms with Crippen molar-refractivity contribution in [2.24, 2.45) is 0 Å². The van der Waals surface area contributed by atoms with Crippen molar-refractivity contribution in [3.63, 3.8) is 0 Å². The molecule has 1 aliphatic carbocycles. The molecule has 2 amide bonds. The fraction of sp³-hybridized carbons (Fsp3) is 0.261. The molecule has 2 aromatic carbocycles. The number of carbonyl (C=O) groups excluding carboxylic acids is 2. The molecule has 0 saturated heterocycles. The molecule has 0 saturated carbocycles. The number of hydrogen-bond donors (Lipinski definition) is 2. The van der Waals surface area contributed by atoms with Crippen molar-refractivity contribution in [2.75, 3.05) is 11.9 Å². The number of aromatic nitrogens is 1. The monoisotopic (exact) mass is 405 g/mol. The Morgan fingerprint density at radius 2 is 1.76 bits per heavy atom. The number of amides is 2. The Labute approximate surface area is 174 Å². The van der Waals surface area contributed by atoms with Crippen LogP contribution in [-0.4, -0.2) is 23.3 Å². The first kappa shape index (κ1) is 19.3. The van der Waals surface area contributed by atoms with Gasteiger partial charge in [-0.05, 0) is 43.4 Å². The number of hydrogen-bond acceptors (Lipinski definition) is 4. The fourth-order valence-electron chi connectivity index (χ4n) is 3.58. The molecule has 4 rings (SSSR count). The smallest absolute Gasteiger partial charge is 0.257 e. The van der Waals surface area contributed by atoms with Gasteiger partial charge in [0, 0.05) is 17.0 Å². The van der Waals surface area contributed by atoms with Gasteiger partial charge in [-0.2, -0.15) is 0 Å². The lowest BCUT2D eigenvalue weighted by molar-refractivity contribution is -0.122. The Bertz CT molecular complexity index is 986. The first-order valence-electron chi connectivity index (χ1n) is 9.88. The van der Waals surface area contributed by atoms with Crippen molar-refractivity contribution >= 4 is 28.3 Å². The van der Waals surface area contributed by atoms with Crippen molar-refractivity contribution in [3.05, 3.63) is 82.4 Å². The summed E-state index contributed by atoms with van der Waals surface area (Å²) in [4.78, 5) is 30.9. The van der Waals surface area contributed by atoms with Crippen molar-refractivity contribution in [1.29, 1.82) is 0 Å². The van der Waals surface area contributed by atoms with Crippen LogP contribution in [0.25, 0.3) is 0 Å². The predicted molar refractivity (Wildman–Crippen MR) is 115 cm³/mol. The Hall–Kier alpha value is -2.99. The second-order valence-electron chi connectivity index (χ2n) is 7.12. The molecule has 0 unspecified atom stereocenters.